The SMILES string of the molecule is CC1=NN(c2ccccc2)C(=O)[C@H]1C(=O)C(=O)Nc1ccc(F)cc1. The Labute approximate surface area is 142 Å². The Morgan fingerprint density at radius 2 is 1.72 bits per heavy atom. The summed E-state index contributed by atoms with van der Waals surface area (Å²) in [4.78, 5) is 37.1. The van der Waals surface area contributed by atoms with E-state index in [4.69, 9.17) is 0 Å². The van der Waals surface area contributed by atoms with E-state index in [1.54, 1.807) is 30.3 Å². The summed E-state index contributed by atoms with van der Waals surface area (Å²) in [5.74, 6) is -4.16. The van der Waals surface area contributed by atoms with E-state index >= 15 is 0 Å². The van der Waals surface area contributed by atoms with Gasteiger partial charge in [-0.1, -0.05) is 18.2 Å². The summed E-state index contributed by atoms with van der Waals surface area (Å²) >= 11 is 0. The van der Waals surface area contributed by atoms with Gasteiger partial charge in [-0.3, -0.25) is 14.4 Å². The molecule has 2 amide bonds. The summed E-state index contributed by atoms with van der Waals surface area (Å²) in [7, 11) is 0. The fourth-order valence-electron chi connectivity index (χ4n) is 2.48. The summed E-state index contributed by atoms with van der Waals surface area (Å²) in [6.07, 6.45) is 0. The molecule has 0 bridgehead atoms. The van der Waals surface area contributed by atoms with E-state index in [2.05, 4.69) is 10.4 Å². The predicted molar refractivity (Wildman–Crippen MR) is 90.6 cm³/mol. The Morgan fingerprint density at radius 3 is 2.36 bits per heavy atom. The van der Waals surface area contributed by atoms with Crippen molar-refractivity contribution in [2.45, 2.75) is 6.92 Å². The Balaban J connectivity index is 1.76. The van der Waals surface area contributed by atoms with Crippen molar-refractivity contribution < 1.29 is 18.8 Å². The van der Waals surface area contributed by atoms with Gasteiger partial charge < -0.3 is 5.32 Å². The number of Topliss-reactive ketones (excluding diaryl/α,β-unsaturated/α-hetero) is 1. The number of hydrogen-bond acceptors (Lipinski definition) is 4. The van der Waals surface area contributed by atoms with E-state index in [1.165, 1.54) is 19.1 Å². The van der Waals surface area contributed by atoms with Crippen LogP contribution in [0, 0.1) is 11.7 Å². The van der Waals surface area contributed by atoms with Crippen molar-refractivity contribution in [3.05, 3.63) is 60.4 Å². The second-order valence-corrected chi connectivity index (χ2v) is 5.49. The van der Waals surface area contributed by atoms with E-state index in [-0.39, 0.29) is 11.4 Å². The maximum Gasteiger partial charge on any atom is 0.293 e. The van der Waals surface area contributed by atoms with Crippen molar-refractivity contribution >= 4 is 34.7 Å². The number of carbonyl (C=O) groups excluding carboxylic acids is 3. The second-order valence-electron chi connectivity index (χ2n) is 5.49. The molecule has 0 spiro atoms. The maximum atomic E-state index is 12.9. The molecule has 2 aromatic carbocycles. The molecule has 0 aromatic heterocycles. The molecule has 0 fully saturated rings. The standard InChI is InChI=1S/C18H14FN3O3/c1-11-15(18(25)22(21-11)14-5-3-2-4-6-14)16(23)17(24)20-13-9-7-12(19)8-10-13/h2-10,15H,1H3,(H,20,24)/t15-/m1/s1. The van der Waals surface area contributed by atoms with Crippen LogP contribution in [0.5, 0.6) is 0 Å². The first-order chi connectivity index (χ1) is 12.0. The molecule has 0 saturated carbocycles. The maximum absolute atomic E-state index is 12.9. The average Bonchev–Trinajstić information content (AvgIpc) is 2.91. The van der Waals surface area contributed by atoms with Crippen LogP contribution >= 0.6 is 0 Å². The minimum atomic E-state index is -1.26. The molecule has 1 N–H and O–H groups in total. The van der Waals surface area contributed by atoms with Crippen molar-refractivity contribution in [1.82, 2.24) is 0 Å². The molecule has 0 radical (unpaired) electrons. The van der Waals surface area contributed by atoms with Gasteiger partial charge in [-0.05, 0) is 43.3 Å². The summed E-state index contributed by atoms with van der Waals surface area (Å²) in [5.41, 5.74) is 1.02. The van der Waals surface area contributed by atoms with Crippen LogP contribution in [0.4, 0.5) is 15.8 Å². The molecule has 25 heavy (non-hydrogen) atoms. The molecule has 0 saturated heterocycles. The summed E-state index contributed by atoms with van der Waals surface area (Å²) in [5, 5.41) is 7.57. The molecule has 1 atom stereocenters. The number of hydrogen-bond donors (Lipinski definition) is 1. The first kappa shape index (κ1) is 16.5. The highest BCUT2D eigenvalue weighted by Gasteiger charge is 2.42. The van der Waals surface area contributed by atoms with Crippen molar-refractivity contribution in [2.75, 3.05) is 10.3 Å². The van der Waals surface area contributed by atoms with Crippen LogP contribution in [0.1, 0.15) is 6.92 Å². The zero-order chi connectivity index (χ0) is 18.0. The highest BCUT2D eigenvalue weighted by atomic mass is 19.1. The summed E-state index contributed by atoms with van der Waals surface area (Å²) in [6, 6.07) is 13.6. The summed E-state index contributed by atoms with van der Waals surface area (Å²) in [6.45, 7) is 1.52. The van der Waals surface area contributed by atoms with Gasteiger partial charge in [-0.2, -0.15) is 10.1 Å². The van der Waals surface area contributed by atoms with Crippen LogP contribution < -0.4 is 10.3 Å². The third-order valence-electron chi connectivity index (χ3n) is 3.72. The highest BCUT2D eigenvalue weighted by Crippen LogP contribution is 2.24. The minimum Gasteiger partial charge on any atom is -0.319 e. The molecule has 1 heterocycles. The smallest absolute Gasteiger partial charge is 0.293 e. The molecular formula is C18H14FN3O3. The second kappa shape index (κ2) is 6.64. The van der Waals surface area contributed by atoms with Gasteiger partial charge in [-0.25, -0.2) is 4.39 Å². The van der Waals surface area contributed by atoms with Gasteiger partial charge in [-0.15, -0.1) is 0 Å². The largest absolute Gasteiger partial charge is 0.319 e. The average molecular weight is 339 g/mol. The molecule has 2 aromatic rings. The van der Waals surface area contributed by atoms with Gasteiger partial charge in [0.1, 0.15) is 11.7 Å². The number of anilines is 2. The number of carbonyl (C=O) groups is 3. The van der Waals surface area contributed by atoms with E-state index in [9.17, 15) is 18.8 Å². The first-order valence-corrected chi connectivity index (χ1v) is 7.52. The third-order valence-corrected chi connectivity index (χ3v) is 3.72. The highest BCUT2D eigenvalue weighted by molar-refractivity contribution is 6.50. The number of ketones is 1. The fraction of sp³-hybridized carbons (Fsp3) is 0.111. The Kier molecular flexibility index (Phi) is 4.38. The number of rotatable bonds is 4. The van der Waals surface area contributed by atoms with Crippen LogP contribution in [0.3, 0.4) is 0 Å². The zero-order valence-corrected chi connectivity index (χ0v) is 13.3. The number of benzene rings is 2. The van der Waals surface area contributed by atoms with Crippen LogP contribution in [-0.4, -0.2) is 23.3 Å². The van der Waals surface area contributed by atoms with Gasteiger partial charge in [0.25, 0.3) is 11.8 Å². The molecule has 7 heteroatoms. The van der Waals surface area contributed by atoms with Gasteiger partial charge in [0.05, 0.1) is 11.4 Å². The Morgan fingerprint density at radius 1 is 1.08 bits per heavy atom. The monoisotopic (exact) mass is 339 g/mol. The molecule has 0 aliphatic carbocycles. The van der Waals surface area contributed by atoms with E-state index in [0.29, 0.717) is 5.69 Å². The van der Waals surface area contributed by atoms with Crippen LogP contribution in [0.15, 0.2) is 59.7 Å². The molecule has 6 nitrogen and oxygen atoms in total. The lowest BCUT2D eigenvalue weighted by Crippen LogP contribution is -2.39. The lowest BCUT2D eigenvalue weighted by Gasteiger charge is -2.13. The van der Waals surface area contributed by atoms with E-state index < -0.39 is 29.3 Å². The molecule has 3 rings (SSSR count). The molecule has 1 aliphatic heterocycles. The van der Waals surface area contributed by atoms with Crippen molar-refractivity contribution in [3.8, 4) is 0 Å². The number of nitrogens with zero attached hydrogens (tertiary/aromatic N) is 2. The van der Waals surface area contributed by atoms with Crippen molar-refractivity contribution in [1.29, 1.82) is 0 Å². The van der Waals surface area contributed by atoms with Crippen LogP contribution in [0.2, 0.25) is 0 Å². The van der Waals surface area contributed by atoms with Crippen LogP contribution in [0.25, 0.3) is 0 Å². The van der Waals surface area contributed by atoms with Gasteiger partial charge in [0.2, 0.25) is 5.78 Å². The number of nitrogens with one attached hydrogen (secondary N) is 1. The number of amides is 2. The number of para-hydroxylation sites is 1. The summed E-state index contributed by atoms with van der Waals surface area (Å²) < 4.78 is 12.9. The van der Waals surface area contributed by atoms with Crippen molar-refractivity contribution in [2.24, 2.45) is 11.0 Å². The fourth-order valence-corrected chi connectivity index (χ4v) is 2.48. The van der Waals surface area contributed by atoms with Gasteiger partial charge >= 0.3 is 0 Å². The van der Waals surface area contributed by atoms with Gasteiger partial charge in [0, 0.05) is 5.69 Å². The Hall–Kier alpha value is -3.35. The molecule has 1 aliphatic rings. The van der Waals surface area contributed by atoms with Crippen LogP contribution in [-0.2, 0) is 14.4 Å². The topological polar surface area (TPSA) is 78.8 Å². The van der Waals surface area contributed by atoms with E-state index in [0.717, 1.165) is 17.1 Å². The number of halogens is 1. The number of hydrazone groups is 1. The molecule has 0 unspecified atom stereocenters. The lowest BCUT2D eigenvalue weighted by molar-refractivity contribution is -0.138. The molecule has 126 valence electrons. The third kappa shape index (κ3) is 3.30. The zero-order valence-electron chi connectivity index (χ0n) is 13.3. The quantitative estimate of drug-likeness (QED) is 0.686. The minimum absolute atomic E-state index is 0.244. The normalized spacial score (nSPS) is 16.6. The Bertz CT molecular complexity index is 863. The first-order valence-electron chi connectivity index (χ1n) is 7.52. The van der Waals surface area contributed by atoms with Gasteiger partial charge in [0.15, 0.2) is 0 Å². The van der Waals surface area contributed by atoms with Crippen molar-refractivity contribution in [3.63, 3.8) is 0 Å². The molecular weight excluding hydrogens is 325 g/mol. The predicted octanol–water partition coefficient (Wildman–Crippen LogP) is 2.37. The lowest BCUT2D eigenvalue weighted by atomic mass is 9.98. The van der Waals surface area contributed by atoms with E-state index in [1.807, 2.05) is 0 Å².